The minimum Gasteiger partial charge on any atom is -0.490 e. The molecule has 0 radical (unpaired) electrons. The average Bonchev–Trinajstić information content (AvgIpc) is 2.64. The van der Waals surface area contributed by atoms with Crippen molar-refractivity contribution in [1.29, 1.82) is 0 Å². The van der Waals surface area contributed by atoms with Gasteiger partial charge in [0, 0.05) is 12.7 Å². The molecular formula is C19H27N3O2. The second-order valence-electron chi connectivity index (χ2n) is 5.41. The number of nitrogens with one attached hydrogen (secondary N) is 2. The van der Waals surface area contributed by atoms with E-state index in [4.69, 9.17) is 9.47 Å². The lowest BCUT2D eigenvalue weighted by Gasteiger charge is -2.18. The standard InChI is InChI=1S/C9H11NO.C8H10N2O.C2H6/c1-7-2-3-8-9(6-7)11-5-4-10-8;1-6-4-7-8(10-5-6)9-2-3-11-7;1-2/h2-3,6,10H,4-5H2,1H3;4-5H,2-3H2,1H3,(H,9,10);1-2H3. The van der Waals surface area contributed by atoms with E-state index < -0.39 is 0 Å². The zero-order valence-electron chi connectivity index (χ0n) is 15.0. The Morgan fingerprint density at radius 1 is 0.875 bits per heavy atom. The van der Waals surface area contributed by atoms with Gasteiger partial charge in [-0.15, -0.1) is 0 Å². The monoisotopic (exact) mass is 329 g/mol. The van der Waals surface area contributed by atoms with Gasteiger partial charge in [-0.25, -0.2) is 4.98 Å². The normalized spacial score (nSPS) is 13.7. The zero-order chi connectivity index (χ0) is 17.4. The van der Waals surface area contributed by atoms with Crippen molar-refractivity contribution in [2.75, 3.05) is 36.9 Å². The van der Waals surface area contributed by atoms with E-state index in [0.717, 1.165) is 54.9 Å². The molecule has 24 heavy (non-hydrogen) atoms. The lowest BCUT2D eigenvalue weighted by molar-refractivity contribution is 0.321. The molecule has 5 nitrogen and oxygen atoms in total. The molecule has 0 atom stereocenters. The molecule has 0 bridgehead atoms. The van der Waals surface area contributed by atoms with Crippen LogP contribution in [0.5, 0.6) is 11.5 Å². The van der Waals surface area contributed by atoms with E-state index in [1.165, 1.54) is 5.56 Å². The predicted molar refractivity (Wildman–Crippen MR) is 99.5 cm³/mol. The number of fused-ring (bicyclic) bond motifs is 2. The van der Waals surface area contributed by atoms with Crippen LogP contribution >= 0.6 is 0 Å². The van der Waals surface area contributed by atoms with Crippen molar-refractivity contribution >= 4 is 11.5 Å². The summed E-state index contributed by atoms with van der Waals surface area (Å²) < 4.78 is 10.8. The van der Waals surface area contributed by atoms with Crippen LogP contribution < -0.4 is 20.1 Å². The van der Waals surface area contributed by atoms with Crippen LogP contribution in [0, 0.1) is 13.8 Å². The highest BCUT2D eigenvalue weighted by molar-refractivity contribution is 5.58. The van der Waals surface area contributed by atoms with Gasteiger partial charge in [0.1, 0.15) is 19.0 Å². The van der Waals surface area contributed by atoms with E-state index in [1.54, 1.807) is 0 Å². The minimum absolute atomic E-state index is 0.734. The largest absolute Gasteiger partial charge is 0.490 e. The maximum Gasteiger partial charge on any atom is 0.168 e. The molecular weight excluding hydrogens is 302 g/mol. The highest BCUT2D eigenvalue weighted by atomic mass is 16.5. The molecule has 0 saturated carbocycles. The van der Waals surface area contributed by atoms with Gasteiger partial charge in [-0.2, -0.15) is 0 Å². The van der Waals surface area contributed by atoms with Crippen LogP contribution in [0.2, 0.25) is 0 Å². The number of aromatic nitrogens is 1. The third kappa shape index (κ3) is 4.78. The summed E-state index contributed by atoms with van der Waals surface area (Å²) in [4.78, 5) is 4.18. The Morgan fingerprint density at radius 2 is 1.54 bits per heavy atom. The molecule has 4 rings (SSSR count). The SMILES string of the molecule is CC.Cc1ccc2c(c1)OCCN2.Cc1cnc2c(c1)OCCN2. The fourth-order valence-corrected chi connectivity index (χ4v) is 2.36. The molecule has 0 aliphatic carbocycles. The Bertz CT molecular complexity index is 602. The topological polar surface area (TPSA) is 55.4 Å². The van der Waals surface area contributed by atoms with Gasteiger partial charge in [-0.3, -0.25) is 0 Å². The molecule has 2 N–H and O–H groups in total. The molecule has 0 unspecified atom stereocenters. The summed E-state index contributed by atoms with van der Waals surface area (Å²) in [7, 11) is 0. The quantitative estimate of drug-likeness (QED) is 0.764. The molecule has 130 valence electrons. The van der Waals surface area contributed by atoms with Crippen LogP contribution in [0.4, 0.5) is 11.5 Å². The Balaban J connectivity index is 0.000000158. The fourth-order valence-electron chi connectivity index (χ4n) is 2.36. The van der Waals surface area contributed by atoms with Gasteiger partial charge in [-0.1, -0.05) is 19.9 Å². The molecule has 2 aromatic rings. The maximum atomic E-state index is 5.44. The van der Waals surface area contributed by atoms with Crippen molar-refractivity contribution in [3.05, 3.63) is 41.6 Å². The molecule has 0 spiro atoms. The van der Waals surface area contributed by atoms with Crippen LogP contribution in [0.3, 0.4) is 0 Å². The first-order valence-electron chi connectivity index (χ1n) is 8.53. The smallest absolute Gasteiger partial charge is 0.168 e. The summed E-state index contributed by atoms with van der Waals surface area (Å²) in [5, 5.41) is 6.42. The van der Waals surface area contributed by atoms with Gasteiger partial charge in [-0.05, 0) is 43.2 Å². The number of hydrogen-bond acceptors (Lipinski definition) is 5. The van der Waals surface area contributed by atoms with Gasteiger partial charge >= 0.3 is 0 Å². The molecule has 1 aromatic heterocycles. The summed E-state index contributed by atoms with van der Waals surface area (Å²) in [6.07, 6.45) is 1.83. The van der Waals surface area contributed by atoms with E-state index in [2.05, 4.69) is 40.7 Å². The number of pyridine rings is 1. The summed E-state index contributed by atoms with van der Waals surface area (Å²) in [6.45, 7) is 11.3. The number of rotatable bonds is 0. The first-order chi connectivity index (χ1) is 11.7. The Hall–Kier alpha value is -2.43. The van der Waals surface area contributed by atoms with Crippen molar-refractivity contribution in [2.24, 2.45) is 0 Å². The Morgan fingerprint density at radius 3 is 2.33 bits per heavy atom. The summed E-state index contributed by atoms with van der Waals surface area (Å²) in [5.74, 6) is 2.72. The van der Waals surface area contributed by atoms with Gasteiger partial charge < -0.3 is 20.1 Å². The first-order valence-corrected chi connectivity index (χ1v) is 8.53. The number of aryl methyl sites for hydroxylation is 2. The zero-order valence-corrected chi connectivity index (χ0v) is 15.0. The molecule has 0 amide bonds. The number of benzene rings is 1. The van der Waals surface area contributed by atoms with E-state index >= 15 is 0 Å². The Kier molecular flexibility index (Phi) is 6.73. The molecule has 3 heterocycles. The van der Waals surface area contributed by atoms with E-state index in [1.807, 2.05) is 33.0 Å². The summed E-state index contributed by atoms with van der Waals surface area (Å²) in [6, 6.07) is 8.19. The average molecular weight is 329 g/mol. The first kappa shape index (κ1) is 17.9. The Labute approximate surface area is 144 Å². The summed E-state index contributed by atoms with van der Waals surface area (Å²) >= 11 is 0. The van der Waals surface area contributed by atoms with Crippen LogP contribution in [-0.4, -0.2) is 31.3 Å². The number of nitrogens with zero attached hydrogens (tertiary/aromatic N) is 1. The van der Waals surface area contributed by atoms with E-state index in [0.29, 0.717) is 0 Å². The van der Waals surface area contributed by atoms with Gasteiger partial charge in [0.25, 0.3) is 0 Å². The molecule has 1 aromatic carbocycles. The van der Waals surface area contributed by atoms with Crippen molar-refractivity contribution in [1.82, 2.24) is 4.98 Å². The third-order valence-corrected chi connectivity index (χ3v) is 3.45. The van der Waals surface area contributed by atoms with Crippen LogP contribution in [0.15, 0.2) is 30.5 Å². The highest BCUT2D eigenvalue weighted by Gasteiger charge is 2.09. The third-order valence-electron chi connectivity index (χ3n) is 3.45. The fraction of sp³-hybridized carbons (Fsp3) is 0.421. The summed E-state index contributed by atoms with van der Waals surface area (Å²) in [5.41, 5.74) is 3.49. The second-order valence-corrected chi connectivity index (χ2v) is 5.41. The lowest BCUT2D eigenvalue weighted by atomic mass is 10.2. The van der Waals surface area contributed by atoms with Crippen molar-refractivity contribution in [3.8, 4) is 11.5 Å². The van der Waals surface area contributed by atoms with Crippen molar-refractivity contribution < 1.29 is 9.47 Å². The predicted octanol–water partition coefficient (Wildman–Crippen LogP) is 4.02. The highest BCUT2D eigenvalue weighted by Crippen LogP contribution is 2.27. The maximum absolute atomic E-state index is 5.44. The van der Waals surface area contributed by atoms with Crippen LogP contribution in [0.25, 0.3) is 0 Å². The number of anilines is 2. The van der Waals surface area contributed by atoms with Gasteiger partial charge in [0.15, 0.2) is 11.6 Å². The molecule has 0 saturated heterocycles. The number of ether oxygens (including phenoxy) is 2. The van der Waals surface area contributed by atoms with E-state index in [-0.39, 0.29) is 0 Å². The van der Waals surface area contributed by atoms with Gasteiger partial charge in [0.05, 0.1) is 12.2 Å². The molecule has 2 aliphatic rings. The van der Waals surface area contributed by atoms with E-state index in [9.17, 15) is 0 Å². The molecule has 5 heteroatoms. The van der Waals surface area contributed by atoms with Gasteiger partial charge in [0.2, 0.25) is 0 Å². The van der Waals surface area contributed by atoms with Crippen molar-refractivity contribution in [2.45, 2.75) is 27.7 Å². The van der Waals surface area contributed by atoms with Crippen LogP contribution in [0.1, 0.15) is 25.0 Å². The van der Waals surface area contributed by atoms with Crippen LogP contribution in [-0.2, 0) is 0 Å². The molecule has 0 fully saturated rings. The second kappa shape index (κ2) is 9.01. The lowest BCUT2D eigenvalue weighted by Crippen LogP contribution is -2.18. The molecule has 2 aliphatic heterocycles. The van der Waals surface area contributed by atoms with Crippen molar-refractivity contribution in [3.63, 3.8) is 0 Å². The number of hydrogen-bond donors (Lipinski definition) is 2. The minimum atomic E-state index is 0.734.